The Bertz CT molecular complexity index is 520. The normalized spacial score (nSPS) is 29.4. The first-order chi connectivity index (χ1) is 11.7. The second-order valence-electron chi connectivity index (χ2n) is 9.62. The molecule has 142 valence electrons. The van der Waals surface area contributed by atoms with Gasteiger partial charge >= 0.3 is 6.09 Å². The van der Waals surface area contributed by atoms with Gasteiger partial charge in [0.05, 0.1) is 0 Å². The third-order valence-electron chi connectivity index (χ3n) is 6.29. The summed E-state index contributed by atoms with van der Waals surface area (Å²) in [6.45, 7) is 8.59. The van der Waals surface area contributed by atoms with Gasteiger partial charge in [-0.2, -0.15) is 0 Å². The van der Waals surface area contributed by atoms with Gasteiger partial charge in [-0.05, 0) is 64.2 Å². The van der Waals surface area contributed by atoms with Crippen LogP contribution in [0, 0.1) is 11.3 Å². The van der Waals surface area contributed by atoms with Gasteiger partial charge in [-0.25, -0.2) is 4.79 Å². The third kappa shape index (κ3) is 4.12. The summed E-state index contributed by atoms with van der Waals surface area (Å²) in [5.41, 5.74) is -0.730. The van der Waals surface area contributed by atoms with Gasteiger partial charge in [0.2, 0.25) is 5.91 Å². The Kier molecular flexibility index (Phi) is 5.04. The molecule has 2 aliphatic carbocycles. The molecule has 1 saturated heterocycles. The standard InChI is InChI=1S/C20H34N2O3/c1-19(2,3)25-18(24)21-16(20(4)10-6-5-7-11-20)17(23)22-13-14-8-9-15(22)12-14/h14-16H,5-13H2,1-4H3,(H,21,24)/t14-,15+,16+/m0/s1. The number of fused-ring (bicyclic) bond motifs is 2. The minimum Gasteiger partial charge on any atom is -0.444 e. The molecule has 0 unspecified atom stereocenters. The average Bonchev–Trinajstić information content (AvgIpc) is 3.14. The molecule has 0 radical (unpaired) electrons. The molecule has 25 heavy (non-hydrogen) atoms. The highest BCUT2D eigenvalue weighted by molar-refractivity contribution is 5.87. The lowest BCUT2D eigenvalue weighted by Gasteiger charge is -2.43. The van der Waals surface area contributed by atoms with Crippen LogP contribution in [0.1, 0.15) is 79.1 Å². The zero-order valence-electron chi connectivity index (χ0n) is 16.3. The first-order valence-corrected chi connectivity index (χ1v) is 9.98. The van der Waals surface area contributed by atoms with Crippen molar-refractivity contribution < 1.29 is 14.3 Å². The Morgan fingerprint density at radius 1 is 1.16 bits per heavy atom. The molecule has 1 aliphatic heterocycles. The number of amides is 2. The number of rotatable bonds is 3. The van der Waals surface area contributed by atoms with Gasteiger partial charge < -0.3 is 15.0 Å². The molecule has 0 spiro atoms. The highest BCUT2D eigenvalue weighted by atomic mass is 16.6. The number of alkyl carbamates (subject to hydrolysis) is 1. The van der Waals surface area contributed by atoms with Crippen molar-refractivity contribution in [3.63, 3.8) is 0 Å². The Balaban J connectivity index is 1.76. The van der Waals surface area contributed by atoms with Crippen LogP contribution in [0.2, 0.25) is 0 Å². The highest BCUT2D eigenvalue weighted by Gasteiger charge is 2.48. The Labute approximate surface area is 151 Å². The first-order valence-electron chi connectivity index (χ1n) is 9.98. The molecular formula is C20H34N2O3. The quantitative estimate of drug-likeness (QED) is 0.841. The Hall–Kier alpha value is -1.26. The zero-order valence-corrected chi connectivity index (χ0v) is 16.3. The maximum Gasteiger partial charge on any atom is 0.408 e. The van der Waals surface area contributed by atoms with Crippen LogP contribution in [-0.4, -0.2) is 41.1 Å². The van der Waals surface area contributed by atoms with Gasteiger partial charge in [0.25, 0.3) is 0 Å². The van der Waals surface area contributed by atoms with Crippen LogP contribution >= 0.6 is 0 Å². The summed E-state index contributed by atoms with van der Waals surface area (Å²) >= 11 is 0. The molecule has 1 heterocycles. The zero-order chi connectivity index (χ0) is 18.2. The van der Waals surface area contributed by atoms with E-state index in [0.29, 0.717) is 12.0 Å². The first kappa shape index (κ1) is 18.5. The van der Waals surface area contributed by atoms with Crippen LogP contribution in [-0.2, 0) is 9.53 Å². The number of piperidine rings is 1. The number of nitrogens with one attached hydrogen (secondary N) is 1. The number of carbonyl (C=O) groups is 2. The summed E-state index contributed by atoms with van der Waals surface area (Å²) in [4.78, 5) is 27.9. The van der Waals surface area contributed by atoms with E-state index < -0.39 is 17.7 Å². The molecule has 5 heteroatoms. The Morgan fingerprint density at radius 3 is 2.36 bits per heavy atom. The van der Waals surface area contributed by atoms with E-state index in [9.17, 15) is 9.59 Å². The fourth-order valence-corrected chi connectivity index (χ4v) is 4.97. The van der Waals surface area contributed by atoms with Crippen LogP contribution in [0.15, 0.2) is 0 Å². The monoisotopic (exact) mass is 350 g/mol. The maximum atomic E-state index is 13.4. The number of hydrogen-bond donors (Lipinski definition) is 1. The molecule has 5 nitrogen and oxygen atoms in total. The minimum absolute atomic E-state index is 0.113. The molecule has 2 saturated carbocycles. The smallest absolute Gasteiger partial charge is 0.408 e. The number of ether oxygens (including phenoxy) is 1. The number of hydrogen-bond acceptors (Lipinski definition) is 3. The molecule has 2 bridgehead atoms. The molecule has 3 rings (SSSR count). The second kappa shape index (κ2) is 6.81. The van der Waals surface area contributed by atoms with E-state index in [1.807, 2.05) is 20.8 Å². The van der Waals surface area contributed by atoms with Gasteiger partial charge in [-0.1, -0.05) is 26.2 Å². The molecule has 3 fully saturated rings. The number of nitrogens with zero attached hydrogens (tertiary/aromatic N) is 1. The topological polar surface area (TPSA) is 58.6 Å². The maximum absolute atomic E-state index is 13.4. The summed E-state index contributed by atoms with van der Waals surface area (Å²) in [6.07, 6.45) is 8.48. The molecule has 3 atom stereocenters. The molecule has 0 aromatic heterocycles. The molecule has 0 aromatic rings. The predicted octanol–water partition coefficient (Wildman–Crippen LogP) is 3.86. The molecule has 0 aromatic carbocycles. The van der Waals surface area contributed by atoms with Crippen molar-refractivity contribution in [2.75, 3.05) is 6.54 Å². The van der Waals surface area contributed by atoms with E-state index in [1.165, 1.54) is 12.8 Å². The average molecular weight is 351 g/mol. The van der Waals surface area contributed by atoms with Crippen molar-refractivity contribution >= 4 is 12.0 Å². The third-order valence-corrected chi connectivity index (χ3v) is 6.29. The lowest BCUT2D eigenvalue weighted by atomic mass is 9.70. The van der Waals surface area contributed by atoms with Crippen molar-refractivity contribution in [1.29, 1.82) is 0 Å². The van der Waals surface area contributed by atoms with Gasteiger partial charge in [0, 0.05) is 12.6 Å². The van der Waals surface area contributed by atoms with E-state index in [-0.39, 0.29) is 11.3 Å². The van der Waals surface area contributed by atoms with Gasteiger partial charge in [-0.3, -0.25) is 4.79 Å². The minimum atomic E-state index is -0.558. The summed E-state index contributed by atoms with van der Waals surface area (Å²) in [7, 11) is 0. The molecule has 2 amide bonds. The predicted molar refractivity (Wildman–Crippen MR) is 97.2 cm³/mol. The Morgan fingerprint density at radius 2 is 1.84 bits per heavy atom. The van der Waals surface area contributed by atoms with Crippen LogP contribution in [0.5, 0.6) is 0 Å². The highest BCUT2D eigenvalue weighted by Crippen LogP contribution is 2.42. The summed E-state index contributed by atoms with van der Waals surface area (Å²) < 4.78 is 5.46. The van der Waals surface area contributed by atoms with Crippen molar-refractivity contribution in [2.45, 2.75) is 96.7 Å². The molecular weight excluding hydrogens is 316 g/mol. The van der Waals surface area contributed by atoms with E-state index >= 15 is 0 Å². The van der Waals surface area contributed by atoms with Gasteiger partial charge in [-0.15, -0.1) is 0 Å². The lowest BCUT2D eigenvalue weighted by molar-refractivity contribution is -0.139. The van der Waals surface area contributed by atoms with E-state index in [0.717, 1.165) is 45.1 Å². The second-order valence-corrected chi connectivity index (χ2v) is 9.62. The van der Waals surface area contributed by atoms with Crippen LogP contribution in [0.4, 0.5) is 4.79 Å². The van der Waals surface area contributed by atoms with Crippen molar-refractivity contribution in [1.82, 2.24) is 10.2 Å². The van der Waals surface area contributed by atoms with E-state index in [1.54, 1.807) is 0 Å². The summed E-state index contributed by atoms with van der Waals surface area (Å²) in [5, 5.41) is 2.97. The molecule has 3 aliphatic rings. The van der Waals surface area contributed by atoms with Gasteiger partial charge in [0.15, 0.2) is 0 Å². The molecule has 1 N–H and O–H groups in total. The number of carbonyl (C=O) groups excluding carboxylic acids is 2. The van der Waals surface area contributed by atoms with Crippen LogP contribution in [0.25, 0.3) is 0 Å². The van der Waals surface area contributed by atoms with Crippen molar-refractivity contribution in [3.05, 3.63) is 0 Å². The van der Waals surface area contributed by atoms with E-state index in [4.69, 9.17) is 4.74 Å². The lowest BCUT2D eigenvalue weighted by Crippen LogP contribution is -2.58. The van der Waals surface area contributed by atoms with E-state index in [2.05, 4.69) is 17.1 Å². The number of likely N-dealkylation sites (tertiary alicyclic amines) is 1. The fraction of sp³-hybridized carbons (Fsp3) is 0.900. The van der Waals surface area contributed by atoms with Crippen molar-refractivity contribution in [2.24, 2.45) is 11.3 Å². The fourth-order valence-electron chi connectivity index (χ4n) is 4.97. The van der Waals surface area contributed by atoms with Crippen LogP contribution in [0.3, 0.4) is 0 Å². The largest absolute Gasteiger partial charge is 0.444 e. The SMILES string of the molecule is CC(C)(C)OC(=O)N[C@H](C(=O)N1C[C@H]2CC[C@@H]1C2)C1(C)CCCCC1. The van der Waals surface area contributed by atoms with Crippen LogP contribution < -0.4 is 5.32 Å². The van der Waals surface area contributed by atoms with Gasteiger partial charge in [0.1, 0.15) is 11.6 Å². The summed E-state index contributed by atoms with van der Waals surface area (Å²) in [5.74, 6) is 0.776. The van der Waals surface area contributed by atoms with Crippen molar-refractivity contribution in [3.8, 4) is 0 Å². The summed E-state index contributed by atoms with van der Waals surface area (Å²) in [6, 6.07) is -0.0883.